The molecule has 0 radical (unpaired) electrons. The molecule has 0 saturated carbocycles. The number of carbonyl (C=O) groups excluding carboxylic acids is 2. The van der Waals surface area contributed by atoms with E-state index in [0.29, 0.717) is 17.1 Å². The van der Waals surface area contributed by atoms with Gasteiger partial charge in [-0.3, -0.25) is 9.59 Å². The van der Waals surface area contributed by atoms with Gasteiger partial charge < -0.3 is 10.2 Å². The van der Waals surface area contributed by atoms with Crippen molar-refractivity contribution in [2.75, 3.05) is 23.0 Å². The van der Waals surface area contributed by atoms with Gasteiger partial charge >= 0.3 is 0 Å². The molecule has 136 valence electrons. The van der Waals surface area contributed by atoms with Crippen molar-refractivity contribution in [2.45, 2.75) is 32.2 Å². The van der Waals surface area contributed by atoms with E-state index in [4.69, 9.17) is 0 Å². The molecule has 2 amide bonds. The van der Waals surface area contributed by atoms with Crippen LogP contribution in [0.4, 0.5) is 11.4 Å². The largest absolute Gasteiger partial charge is 0.322 e. The topological polar surface area (TPSA) is 62.3 Å². The van der Waals surface area contributed by atoms with Crippen molar-refractivity contribution >= 4 is 35.0 Å². The Balaban J connectivity index is 1.80. The molecule has 1 aromatic carbocycles. The van der Waals surface area contributed by atoms with Crippen molar-refractivity contribution in [1.29, 1.82) is 0 Å². The summed E-state index contributed by atoms with van der Waals surface area (Å²) in [7, 11) is 0. The first kappa shape index (κ1) is 18.5. The van der Waals surface area contributed by atoms with Crippen LogP contribution in [0.1, 0.15) is 36.7 Å². The molecule has 2 aromatic rings. The van der Waals surface area contributed by atoms with Crippen LogP contribution in [-0.4, -0.2) is 29.6 Å². The number of nitrogens with one attached hydrogen (secondary N) is 1. The Labute approximate surface area is 158 Å². The van der Waals surface area contributed by atoms with E-state index in [2.05, 4.69) is 10.3 Å². The predicted molar refractivity (Wildman–Crippen MR) is 106 cm³/mol. The van der Waals surface area contributed by atoms with Crippen LogP contribution in [0.15, 0.2) is 41.6 Å². The van der Waals surface area contributed by atoms with Gasteiger partial charge in [0, 0.05) is 29.5 Å². The smallest absolute Gasteiger partial charge is 0.258 e. The number of hydrogen-bond donors (Lipinski definition) is 1. The van der Waals surface area contributed by atoms with Crippen LogP contribution in [-0.2, 0) is 11.2 Å². The molecule has 0 saturated heterocycles. The molecule has 1 N–H and O–H groups in total. The van der Waals surface area contributed by atoms with Crippen molar-refractivity contribution in [2.24, 2.45) is 5.41 Å². The van der Waals surface area contributed by atoms with E-state index in [1.165, 1.54) is 11.8 Å². The molecule has 2 heterocycles. The number of thioether (sulfide) groups is 1. The number of nitrogens with zero attached hydrogens (tertiary/aromatic N) is 2. The minimum Gasteiger partial charge on any atom is -0.322 e. The van der Waals surface area contributed by atoms with E-state index < -0.39 is 5.41 Å². The summed E-state index contributed by atoms with van der Waals surface area (Å²) < 4.78 is 0. The Hall–Kier alpha value is -2.34. The Morgan fingerprint density at radius 1 is 1.23 bits per heavy atom. The molecule has 1 aromatic heterocycles. The normalized spacial score (nSPS) is 13.5. The van der Waals surface area contributed by atoms with Crippen LogP contribution in [0.2, 0.25) is 0 Å². The summed E-state index contributed by atoms with van der Waals surface area (Å²) in [5.74, 6) is -0.0592. The Morgan fingerprint density at radius 3 is 2.69 bits per heavy atom. The monoisotopic (exact) mass is 369 g/mol. The number of benzene rings is 1. The maximum Gasteiger partial charge on any atom is 0.258 e. The van der Waals surface area contributed by atoms with E-state index in [9.17, 15) is 9.59 Å². The van der Waals surface area contributed by atoms with Gasteiger partial charge in [0.2, 0.25) is 5.91 Å². The molecule has 1 aliphatic heterocycles. The molecule has 5 nitrogen and oxygen atoms in total. The Kier molecular flexibility index (Phi) is 5.05. The molecule has 1 aliphatic rings. The number of amides is 2. The first-order chi connectivity index (χ1) is 12.3. The van der Waals surface area contributed by atoms with Gasteiger partial charge in [-0.1, -0.05) is 20.8 Å². The van der Waals surface area contributed by atoms with Crippen molar-refractivity contribution in [3.05, 3.63) is 47.7 Å². The van der Waals surface area contributed by atoms with Crippen LogP contribution in [0, 0.1) is 5.41 Å². The van der Waals surface area contributed by atoms with Gasteiger partial charge in [0.15, 0.2) is 0 Å². The molecule has 0 atom stereocenters. The Morgan fingerprint density at radius 2 is 2.00 bits per heavy atom. The first-order valence-corrected chi connectivity index (χ1v) is 9.79. The van der Waals surface area contributed by atoms with E-state index in [0.717, 1.165) is 23.4 Å². The summed E-state index contributed by atoms with van der Waals surface area (Å²) >= 11 is 1.44. The van der Waals surface area contributed by atoms with Gasteiger partial charge in [0.05, 0.1) is 5.56 Å². The third-order valence-corrected chi connectivity index (χ3v) is 5.04. The lowest BCUT2D eigenvalue weighted by Gasteiger charge is -2.26. The third-order valence-electron chi connectivity index (χ3n) is 4.33. The second-order valence-corrected chi connectivity index (χ2v) is 8.11. The highest BCUT2D eigenvalue weighted by atomic mass is 32.2. The summed E-state index contributed by atoms with van der Waals surface area (Å²) in [6, 6.07) is 9.25. The lowest BCUT2D eigenvalue weighted by molar-refractivity contribution is -0.125. The molecule has 0 fully saturated rings. The second kappa shape index (κ2) is 7.11. The summed E-state index contributed by atoms with van der Waals surface area (Å²) in [6.45, 7) is 6.47. The first-order valence-electron chi connectivity index (χ1n) is 8.56. The number of fused-ring (bicyclic) bond motifs is 1. The van der Waals surface area contributed by atoms with Crippen molar-refractivity contribution in [3.8, 4) is 0 Å². The number of hydrogen-bond acceptors (Lipinski definition) is 4. The zero-order chi connectivity index (χ0) is 18.9. The van der Waals surface area contributed by atoms with E-state index >= 15 is 0 Å². The van der Waals surface area contributed by atoms with Gasteiger partial charge in [-0.05, 0) is 48.6 Å². The van der Waals surface area contributed by atoms with Gasteiger partial charge in [-0.2, -0.15) is 0 Å². The lowest BCUT2D eigenvalue weighted by atomic mass is 9.94. The van der Waals surface area contributed by atoms with Gasteiger partial charge in [-0.25, -0.2) is 4.98 Å². The highest BCUT2D eigenvalue weighted by molar-refractivity contribution is 7.98. The fourth-order valence-corrected chi connectivity index (χ4v) is 3.57. The van der Waals surface area contributed by atoms with Gasteiger partial charge in [-0.15, -0.1) is 11.8 Å². The van der Waals surface area contributed by atoms with Crippen LogP contribution in [0.5, 0.6) is 0 Å². The minimum atomic E-state index is -0.414. The van der Waals surface area contributed by atoms with Crippen LogP contribution < -0.4 is 10.2 Å². The molecule has 3 rings (SSSR count). The van der Waals surface area contributed by atoms with Gasteiger partial charge in [0.25, 0.3) is 5.91 Å². The van der Waals surface area contributed by atoms with Crippen molar-refractivity contribution in [1.82, 2.24) is 4.98 Å². The molecule has 6 heteroatoms. The van der Waals surface area contributed by atoms with E-state index in [1.54, 1.807) is 18.3 Å². The number of pyridine rings is 1. The fourth-order valence-electron chi connectivity index (χ4n) is 3.02. The Bertz CT molecular complexity index is 858. The maximum atomic E-state index is 12.6. The molecule has 0 bridgehead atoms. The number of rotatable bonds is 3. The zero-order valence-corrected chi connectivity index (χ0v) is 16.3. The predicted octanol–water partition coefficient (Wildman–Crippen LogP) is 3.99. The van der Waals surface area contributed by atoms with E-state index in [-0.39, 0.29) is 11.8 Å². The van der Waals surface area contributed by atoms with Crippen molar-refractivity contribution in [3.63, 3.8) is 0 Å². The molecular weight excluding hydrogens is 346 g/mol. The van der Waals surface area contributed by atoms with Crippen molar-refractivity contribution < 1.29 is 9.59 Å². The molecule has 0 unspecified atom stereocenters. The van der Waals surface area contributed by atoms with Crippen LogP contribution in [0.3, 0.4) is 0 Å². The average molecular weight is 369 g/mol. The number of carbonyl (C=O) groups is 2. The summed E-state index contributed by atoms with van der Waals surface area (Å²) in [5.41, 5.74) is 2.90. The standard InChI is InChI=1S/C20H23N3O2S/c1-20(2,3)19(25)23-11-9-13-12-14(7-8-16(13)23)22-17(24)15-6-5-10-21-18(15)26-4/h5-8,10,12H,9,11H2,1-4H3,(H,22,24). The summed E-state index contributed by atoms with van der Waals surface area (Å²) in [4.78, 5) is 31.2. The molecule has 0 spiro atoms. The lowest BCUT2D eigenvalue weighted by Crippen LogP contribution is -2.38. The maximum absolute atomic E-state index is 12.6. The average Bonchev–Trinajstić information content (AvgIpc) is 3.03. The van der Waals surface area contributed by atoms with Crippen LogP contribution in [0.25, 0.3) is 0 Å². The minimum absolute atomic E-state index is 0.119. The SMILES string of the molecule is CSc1ncccc1C(=O)Nc1ccc2c(c1)CCN2C(=O)C(C)(C)C. The fraction of sp³-hybridized carbons (Fsp3) is 0.350. The number of anilines is 2. The second-order valence-electron chi connectivity index (χ2n) is 7.31. The molecule has 0 aliphatic carbocycles. The summed E-state index contributed by atoms with van der Waals surface area (Å²) in [6.07, 6.45) is 4.37. The third kappa shape index (κ3) is 3.60. The molecule has 26 heavy (non-hydrogen) atoms. The quantitative estimate of drug-likeness (QED) is 0.831. The molecular formula is C20H23N3O2S. The number of aromatic nitrogens is 1. The zero-order valence-electron chi connectivity index (χ0n) is 15.5. The van der Waals surface area contributed by atoms with Crippen LogP contribution >= 0.6 is 11.8 Å². The highest BCUT2D eigenvalue weighted by Gasteiger charge is 2.32. The summed E-state index contributed by atoms with van der Waals surface area (Å²) in [5, 5.41) is 3.64. The van der Waals surface area contributed by atoms with Gasteiger partial charge in [0.1, 0.15) is 5.03 Å². The highest BCUT2D eigenvalue weighted by Crippen LogP contribution is 2.33. The van der Waals surface area contributed by atoms with E-state index in [1.807, 2.05) is 50.1 Å².